The van der Waals surface area contributed by atoms with Crippen LogP contribution in [0.5, 0.6) is 0 Å². The monoisotopic (exact) mass is 561 g/mol. The van der Waals surface area contributed by atoms with Crippen molar-refractivity contribution in [2.24, 2.45) is 4.99 Å². The van der Waals surface area contributed by atoms with Crippen LogP contribution in [0.4, 0.5) is 0 Å². The summed E-state index contributed by atoms with van der Waals surface area (Å²) in [6.07, 6.45) is 2.90. The van der Waals surface area contributed by atoms with E-state index in [0.29, 0.717) is 13.1 Å². The molecule has 0 aliphatic heterocycles. The third-order valence-corrected chi connectivity index (χ3v) is 6.03. The molecule has 1 aromatic carbocycles. The molecule has 0 amide bonds. The number of benzene rings is 1. The smallest absolute Gasteiger partial charge is 0.194 e. The summed E-state index contributed by atoms with van der Waals surface area (Å²) in [5.41, 5.74) is 3.35. The van der Waals surface area contributed by atoms with Crippen LogP contribution in [0, 0.1) is 0 Å². The van der Waals surface area contributed by atoms with Crippen molar-refractivity contribution in [2.45, 2.75) is 32.9 Å². The van der Waals surface area contributed by atoms with Gasteiger partial charge < -0.3 is 19.9 Å². The zero-order chi connectivity index (χ0) is 20.8. The van der Waals surface area contributed by atoms with Crippen LogP contribution in [0.25, 0.3) is 10.9 Å². The fourth-order valence-electron chi connectivity index (χ4n) is 3.11. The Hall–Kier alpha value is -1.36. The topological polar surface area (TPSA) is 65.5 Å². The number of rotatable bonds is 8. The molecule has 2 aromatic heterocycles. The molecule has 30 heavy (non-hydrogen) atoms. The molecule has 0 aliphatic rings. The van der Waals surface area contributed by atoms with Gasteiger partial charge in [-0.25, -0.2) is 4.98 Å². The minimum absolute atomic E-state index is 0. The number of thiazole rings is 1. The van der Waals surface area contributed by atoms with E-state index in [-0.39, 0.29) is 30.1 Å². The number of hydrogen-bond acceptors (Lipinski definition) is 4. The molecular formula is C21H29ClIN5OS. The second kappa shape index (κ2) is 11.9. The van der Waals surface area contributed by atoms with Gasteiger partial charge in [-0.2, -0.15) is 0 Å². The molecule has 0 saturated carbocycles. The lowest BCUT2D eigenvalue weighted by Gasteiger charge is -2.21. The van der Waals surface area contributed by atoms with Crippen LogP contribution in [-0.2, 0) is 17.7 Å². The molecule has 2 N–H and O–H groups in total. The Balaban J connectivity index is 0.00000320. The summed E-state index contributed by atoms with van der Waals surface area (Å²) in [5, 5.41) is 8.36. The SMILES string of the molecule is CCNC(=NCCc1c[nH]c2ccc(Cl)cc12)N(C)Cc1csc(C(C)OC)n1.I. The number of guanidine groups is 1. The Morgan fingerprint density at radius 1 is 1.43 bits per heavy atom. The van der Waals surface area contributed by atoms with Crippen LogP contribution in [0.3, 0.4) is 0 Å². The van der Waals surface area contributed by atoms with E-state index >= 15 is 0 Å². The number of aromatic amines is 1. The highest BCUT2D eigenvalue weighted by molar-refractivity contribution is 14.0. The minimum atomic E-state index is 0. The third kappa shape index (κ3) is 6.32. The first kappa shape index (κ1) is 24.9. The Kier molecular flexibility index (Phi) is 9.86. The molecule has 2 heterocycles. The lowest BCUT2D eigenvalue weighted by molar-refractivity contribution is 0.119. The van der Waals surface area contributed by atoms with E-state index in [0.717, 1.165) is 45.6 Å². The van der Waals surface area contributed by atoms with Crippen molar-refractivity contribution in [3.8, 4) is 0 Å². The maximum atomic E-state index is 6.15. The second-order valence-electron chi connectivity index (χ2n) is 6.90. The van der Waals surface area contributed by atoms with Gasteiger partial charge in [0.25, 0.3) is 0 Å². The van der Waals surface area contributed by atoms with Crippen LogP contribution >= 0.6 is 46.9 Å². The van der Waals surface area contributed by atoms with Crippen LogP contribution in [0.1, 0.15) is 36.2 Å². The predicted molar refractivity (Wildman–Crippen MR) is 137 cm³/mol. The van der Waals surface area contributed by atoms with Crippen molar-refractivity contribution in [3.63, 3.8) is 0 Å². The molecule has 3 aromatic rings. The summed E-state index contributed by atoms with van der Waals surface area (Å²) in [6.45, 7) is 6.29. The van der Waals surface area contributed by atoms with E-state index in [1.165, 1.54) is 5.56 Å². The minimum Gasteiger partial charge on any atom is -0.375 e. The van der Waals surface area contributed by atoms with Crippen LogP contribution < -0.4 is 5.32 Å². The van der Waals surface area contributed by atoms with Gasteiger partial charge in [-0.05, 0) is 44.0 Å². The molecule has 9 heteroatoms. The van der Waals surface area contributed by atoms with Crippen molar-refractivity contribution in [3.05, 3.63) is 51.1 Å². The van der Waals surface area contributed by atoms with Gasteiger partial charge in [0.15, 0.2) is 5.96 Å². The fraction of sp³-hybridized carbons (Fsp3) is 0.429. The second-order valence-corrected chi connectivity index (χ2v) is 8.23. The molecule has 0 fully saturated rings. The molecule has 1 atom stereocenters. The van der Waals surface area contributed by atoms with Gasteiger partial charge in [0.05, 0.1) is 12.2 Å². The van der Waals surface area contributed by atoms with Crippen LogP contribution in [0.2, 0.25) is 5.02 Å². The molecule has 164 valence electrons. The Bertz CT molecular complexity index is 973. The molecule has 0 bridgehead atoms. The first-order valence-electron chi connectivity index (χ1n) is 9.73. The van der Waals surface area contributed by atoms with Crippen molar-refractivity contribution in [1.29, 1.82) is 0 Å². The molecule has 1 unspecified atom stereocenters. The van der Waals surface area contributed by atoms with E-state index in [2.05, 4.69) is 32.5 Å². The van der Waals surface area contributed by atoms with Crippen molar-refractivity contribution >= 4 is 63.8 Å². The lowest BCUT2D eigenvalue weighted by atomic mass is 10.1. The number of H-pyrrole nitrogens is 1. The number of aromatic nitrogens is 2. The summed E-state index contributed by atoms with van der Waals surface area (Å²) in [6, 6.07) is 5.91. The molecule has 0 saturated heterocycles. The molecule has 0 spiro atoms. The van der Waals surface area contributed by atoms with Gasteiger partial charge >= 0.3 is 0 Å². The Labute approximate surface area is 204 Å². The van der Waals surface area contributed by atoms with Gasteiger partial charge in [-0.15, -0.1) is 35.3 Å². The predicted octanol–water partition coefficient (Wildman–Crippen LogP) is 5.24. The quantitative estimate of drug-likeness (QED) is 0.224. The largest absolute Gasteiger partial charge is 0.375 e. The van der Waals surface area contributed by atoms with Crippen molar-refractivity contribution in [1.82, 2.24) is 20.2 Å². The van der Waals surface area contributed by atoms with Crippen molar-refractivity contribution in [2.75, 3.05) is 27.2 Å². The average molecular weight is 562 g/mol. The average Bonchev–Trinajstić information content (AvgIpc) is 3.33. The third-order valence-electron chi connectivity index (χ3n) is 4.74. The van der Waals surface area contributed by atoms with Gasteiger partial charge in [0.1, 0.15) is 11.1 Å². The molecule has 0 radical (unpaired) electrons. The maximum Gasteiger partial charge on any atom is 0.194 e. The number of methoxy groups -OCH3 is 1. The number of fused-ring (bicyclic) bond motifs is 1. The Morgan fingerprint density at radius 2 is 2.23 bits per heavy atom. The molecule has 3 rings (SSSR count). The normalized spacial score (nSPS) is 12.6. The van der Waals surface area contributed by atoms with E-state index in [9.17, 15) is 0 Å². The van der Waals surface area contributed by atoms with Gasteiger partial charge in [-0.1, -0.05) is 11.6 Å². The lowest BCUT2D eigenvalue weighted by Crippen LogP contribution is -2.38. The van der Waals surface area contributed by atoms with E-state index in [4.69, 9.17) is 21.3 Å². The van der Waals surface area contributed by atoms with Gasteiger partial charge in [0.2, 0.25) is 0 Å². The first-order chi connectivity index (χ1) is 14.0. The molecular weight excluding hydrogens is 533 g/mol. The maximum absolute atomic E-state index is 6.15. The fourth-order valence-corrected chi connectivity index (χ4v) is 4.12. The number of nitrogens with zero attached hydrogens (tertiary/aromatic N) is 3. The van der Waals surface area contributed by atoms with E-state index in [1.807, 2.05) is 38.4 Å². The number of halogens is 2. The number of hydrogen-bond donors (Lipinski definition) is 2. The zero-order valence-corrected chi connectivity index (χ0v) is 21.6. The summed E-state index contributed by atoms with van der Waals surface area (Å²) in [5.74, 6) is 0.875. The zero-order valence-electron chi connectivity index (χ0n) is 17.7. The van der Waals surface area contributed by atoms with Crippen molar-refractivity contribution < 1.29 is 4.74 Å². The highest BCUT2D eigenvalue weighted by atomic mass is 127. The van der Waals surface area contributed by atoms with Crippen LogP contribution in [0.15, 0.2) is 34.8 Å². The molecule has 6 nitrogen and oxygen atoms in total. The van der Waals surface area contributed by atoms with E-state index in [1.54, 1.807) is 18.4 Å². The van der Waals surface area contributed by atoms with Gasteiger partial charge in [-0.3, -0.25) is 4.99 Å². The first-order valence-corrected chi connectivity index (χ1v) is 11.0. The molecule has 0 aliphatic carbocycles. The number of aliphatic imine (C=N–C) groups is 1. The number of ether oxygens (including phenoxy) is 1. The summed E-state index contributed by atoms with van der Waals surface area (Å²) < 4.78 is 5.35. The summed E-state index contributed by atoms with van der Waals surface area (Å²) in [4.78, 5) is 14.9. The number of nitrogens with one attached hydrogen (secondary N) is 2. The van der Waals surface area contributed by atoms with Crippen LogP contribution in [-0.4, -0.2) is 48.1 Å². The standard InChI is InChI=1S/C21H28ClN5OS.HI/c1-5-23-21(27(3)12-17-13-29-20(26-17)14(2)28-4)24-9-8-15-11-25-19-7-6-16(22)10-18(15)19;/h6-7,10-11,13-14,25H,5,8-9,12H2,1-4H3,(H,23,24);1H. The summed E-state index contributed by atoms with van der Waals surface area (Å²) in [7, 11) is 3.74. The van der Waals surface area contributed by atoms with E-state index < -0.39 is 0 Å². The highest BCUT2D eigenvalue weighted by Gasteiger charge is 2.13. The Morgan fingerprint density at radius 3 is 2.97 bits per heavy atom. The summed E-state index contributed by atoms with van der Waals surface area (Å²) >= 11 is 7.78. The van der Waals surface area contributed by atoms with Gasteiger partial charge in [0, 0.05) is 54.7 Å². The highest BCUT2D eigenvalue weighted by Crippen LogP contribution is 2.23.